The van der Waals surface area contributed by atoms with Crippen LogP contribution in [0, 0.1) is 0 Å². The Hall–Kier alpha value is -0.550. The number of nitrogens with zero attached hydrogens (tertiary/aromatic N) is 1. The van der Waals surface area contributed by atoms with Gasteiger partial charge in [0, 0.05) is 44.2 Å². The van der Waals surface area contributed by atoms with Gasteiger partial charge >= 0.3 is 0 Å². The minimum Gasteiger partial charge on any atom is -0.379 e. The molecule has 1 aromatic carbocycles. The lowest BCUT2D eigenvalue weighted by Gasteiger charge is -2.26. The standard InChI is InChI=1S/C15H24N2OS/c1-2-4-15(5-3-1)14-19-13-7-16-6-8-17-9-11-18-12-10-17/h1-5,16H,6-14H2. The maximum absolute atomic E-state index is 5.34. The van der Waals surface area contributed by atoms with Gasteiger partial charge in [-0.3, -0.25) is 4.90 Å². The molecule has 1 aromatic rings. The average Bonchev–Trinajstić information content (AvgIpc) is 2.48. The van der Waals surface area contributed by atoms with Gasteiger partial charge in [0.05, 0.1) is 13.2 Å². The van der Waals surface area contributed by atoms with Crippen LogP contribution in [0.5, 0.6) is 0 Å². The molecule has 19 heavy (non-hydrogen) atoms. The van der Waals surface area contributed by atoms with E-state index in [1.54, 1.807) is 0 Å². The van der Waals surface area contributed by atoms with E-state index in [-0.39, 0.29) is 0 Å². The zero-order valence-corrected chi connectivity index (χ0v) is 12.3. The quantitative estimate of drug-likeness (QED) is 0.735. The molecule has 0 bridgehead atoms. The van der Waals surface area contributed by atoms with Crippen molar-refractivity contribution in [3.63, 3.8) is 0 Å². The first-order valence-corrected chi connectivity index (χ1v) is 8.23. The molecule has 0 atom stereocenters. The van der Waals surface area contributed by atoms with Crippen molar-refractivity contribution in [2.75, 3.05) is 51.7 Å². The maximum Gasteiger partial charge on any atom is 0.0594 e. The number of hydrogen-bond acceptors (Lipinski definition) is 4. The minimum atomic E-state index is 0.896. The third-order valence-corrected chi connectivity index (χ3v) is 4.27. The Morgan fingerprint density at radius 3 is 2.68 bits per heavy atom. The molecule has 1 N–H and O–H groups in total. The Labute approximate surface area is 120 Å². The summed E-state index contributed by atoms with van der Waals surface area (Å²) in [6, 6.07) is 10.7. The smallest absolute Gasteiger partial charge is 0.0594 e. The summed E-state index contributed by atoms with van der Waals surface area (Å²) in [6.45, 7) is 7.30. The predicted octanol–water partition coefficient (Wildman–Crippen LogP) is 1.84. The van der Waals surface area contributed by atoms with Gasteiger partial charge in [0.15, 0.2) is 0 Å². The van der Waals surface area contributed by atoms with E-state index in [0.29, 0.717) is 0 Å². The normalized spacial score (nSPS) is 16.6. The van der Waals surface area contributed by atoms with Crippen molar-refractivity contribution < 1.29 is 4.74 Å². The molecule has 4 heteroatoms. The van der Waals surface area contributed by atoms with Crippen molar-refractivity contribution in [2.24, 2.45) is 0 Å². The Bertz CT molecular complexity index is 328. The molecule has 0 spiro atoms. The van der Waals surface area contributed by atoms with Gasteiger partial charge in [-0.2, -0.15) is 11.8 Å². The van der Waals surface area contributed by atoms with Crippen molar-refractivity contribution in [1.29, 1.82) is 0 Å². The van der Waals surface area contributed by atoms with Gasteiger partial charge in [0.2, 0.25) is 0 Å². The molecule has 0 aliphatic carbocycles. The lowest BCUT2D eigenvalue weighted by atomic mass is 10.2. The molecule has 1 fully saturated rings. The third-order valence-electron chi connectivity index (χ3n) is 3.24. The van der Waals surface area contributed by atoms with E-state index >= 15 is 0 Å². The van der Waals surface area contributed by atoms with Crippen LogP contribution in [0.3, 0.4) is 0 Å². The molecular formula is C15H24N2OS. The largest absolute Gasteiger partial charge is 0.379 e. The van der Waals surface area contributed by atoms with Crippen LogP contribution in [0.4, 0.5) is 0 Å². The van der Waals surface area contributed by atoms with Crippen LogP contribution in [0.2, 0.25) is 0 Å². The summed E-state index contributed by atoms with van der Waals surface area (Å²) in [5.74, 6) is 2.30. The van der Waals surface area contributed by atoms with E-state index in [2.05, 4.69) is 40.5 Å². The number of rotatable bonds is 8. The van der Waals surface area contributed by atoms with Crippen LogP contribution in [0.25, 0.3) is 0 Å². The van der Waals surface area contributed by atoms with Gasteiger partial charge in [-0.1, -0.05) is 30.3 Å². The van der Waals surface area contributed by atoms with Crippen LogP contribution in [0.15, 0.2) is 30.3 Å². The molecule has 0 unspecified atom stereocenters. The summed E-state index contributed by atoms with van der Waals surface area (Å²) in [7, 11) is 0. The second kappa shape index (κ2) is 9.37. The zero-order valence-electron chi connectivity index (χ0n) is 11.5. The first-order chi connectivity index (χ1) is 9.45. The topological polar surface area (TPSA) is 24.5 Å². The Morgan fingerprint density at radius 1 is 1.11 bits per heavy atom. The van der Waals surface area contributed by atoms with Gasteiger partial charge in [-0.15, -0.1) is 0 Å². The van der Waals surface area contributed by atoms with Crippen LogP contribution in [-0.4, -0.2) is 56.6 Å². The Kier molecular flexibility index (Phi) is 7.32. The van der Waals surface area contributed by atoms with E-state index < -0.39 is 0 Å². The fourth-order valence-corrected chi connectivity index (χ4v) is 2.96. The van der Waals surface area contributed by atoms with E-state index in [0.717, 1.165) is 51.7 Å². The second-order valence-corrected chi connectivity index (χ2v) is 5.85. The highest BCUT2D eigenvalue weighted by Crippen LogP contribution is 2.10. The number of benzene rings is 1. The molecule has 1 saturated heterocycles. The monoisotopic (exact) mass is 280 g/mol. The molecule has 1 heterocycles. The maximum atomic E-state index is 5.34. The lowest BCUT2D eigenvalue weighted by Crippen LogP contribution is -2.40. The summed E-state index contributed by atoms with van der Waals surface area (Å²) in [4.78, 5) is 2.47. The Balaban J connectivity index is 1.42. The van der Waals surface area contributed by atoms with E-state index in [4.69, 9.17) is 4.74 Å². The van der Waals surface area contributed by atoms with Crippen LogP contribution < -0.4 is 5.32 Å². The molecule has 3 nitrogen and oxygen atoms in total. The molecule has 2 rings (SSSR count). The first-order valence-electron chi connectivity index (χ1n) is 7.07. The van der Waals surface area contributed by atoms with Crippen molar-refractivity contribution >= 4 is 11.8 Å². The van der Waals surface area contributed by atoms with Crippen molar-refractivity contribution in [1.82, 2.24) is 10.2 Å². The van der Waals surface area contributed by atoms with Gasteiger partial charge < -0.3 is 10.1 Å². The van der Waals surface area contributed by atoms with E-state index in [1.165, 1.54) is 11.3 Å². The van der Waals surface area contributed by atoms with Gasteiger partial charge in [-0.25, -0.2) is 0 Å². The third kappa shape index (κ3) is 6.43. The molecule has 106 valence electrons. The van der Waals surface area contributed by atoms with Crippen molar-refractivity contribution in [2.45, 2.75) is 5.75 Å². The second-order valence-electron chi connectivity index (χ2n) is 4.74. The summed E-state index contributed by atoms with van der Waals surface area (Å²) in [6.07, 6.45) is 0. The van der Waals surface area contributed by atoms with Crippen LogP contribution in [0.1, 0.15) is 5.56 Å². The van der Waals surface area contributed by atoms with E-state index in [9.17, 15) is 0 Å². The lowest BCUT2D eigenvalue weighted by molar-refractivity contribution is 0.0385. The van der Waals surface area contributed by atoms with Gasteiger partial charge in [0.25, 0.3) is 0 Å². The van der Waals surface area contributed by atoms with Gasteiger partial charge in [0.1, 0.15) is 0 Å². The fraction of sp³-hybridized carbons (Fsp3) is 0.600. The number of thioether (sulfide) groups is 1. The summed E-state index contributed by atoms with van der Waals surface area (Å²) in [5.41, 5.74) is 1.42. The molecule has 0 saturated carbocycles. The Morgan fingerprint density at radius 2 is 1.89 bits per heavy atom. The minimum absolute atomic E-state index is 0.896. The first kappa shape index (κ1) is 14.9. The fourth-order valence-electron chi connectivity index (χ4n) is 2.10. The molecule has 1 aliphatic rings. The summed E-state index contributed by atoms with van der Waals surface area (Å²) in [5, 5.41) is 3.52. The van der Waals surface area contributed by atoms with Crippen molar-refractivity contribution in [3.8, 4) is 0 Å². The molecule has 0 aromatic heterocycles. The highest BCUT2D eigenvalue weighted by molar-refractivity contribution is 7.98. The molecule has 0 radical (unpaired) electrons. The average molecular weight is 280 g/mol. The number of nitrogens with one attached hydrogen (secondary N) is 1. The molecular weight excluding hydrogens is 256 g/mol. The van der Waals surface area contributed by atoms with E-state index in [1.807, 2.05) is 11.8 Å². The highest BCUT2D eigenvalue weighted by atomic mass is 32.2. The van der Waals surface area contributed by atoms with Crippen LogP contribution >= 0.6 is 11.8 Å². The van der Waals surface area contributed by atoms with Crippen molar-refractivity contribution in [3.05, 3.63) is 35.9 Å². The number of morpholine rings is 1. The zero-order chi connectivity index (χ0) is 13.2. The van der Waals surface area contributed by atoms with Gasteiger partial charge in [-0.05, 0) is 5.56 Å². The summed E-state index contributed by atoms with van der Waals surface area (Å²) >= 11 is 2.00. The number of hydrogen-bond donors (Lipinski definition) is 1. The molecule has 0 amide bonds. The molecule has 1 aliphatic heterocycles. The predicted molar refractivity (Wildman–Crippen MR) is 82.7 cm³/mol. The SMILES string of the molecule is c1ccc(CSCCNCCN2CCOCC2)cc1. The van der Waals surface area contributed by atoms with Crippen LogP contribution in [-0.2, 0) is 10.5 Å². The highest BCUT2D eigenvalue weighted by Gasteiger charge is 2.08. The number of ether oxygens (including phenoxy) is 1. The summed E-state index contributed by atoms with van der Waals surface area (Å²) < 4.78 is 5.34.